The van der Waals surface area contributed by atoms with Gasteiger partial charge in [0.05, 0.1) is 12.2 Å². The Kier molecular flexibility index (Phi) is 4.43. The Labute approximate surface area is 120 Å². The van der Waals surface area contributed by atoms with Crippen LogP contribution >= 0.6 is 0 Å². The number of Topliss-reactive ketones (excluding diaryl/α,β-unsaturated/α-hetero) is 1. The van der Waals surface area contributed by atoms with Crippen LogP contribution in [-0.2, 0) is 4.79 Å². The van der Waals surface area contributed by atoms with Gasteiger partial charge in [-0.25, -0.2) is 4.39 Å². The SMILES string of the molecule is CC(C)(C)C(=O)CN1CCN(c2ccccc2F)CC1. The zero-order chi connectivity index (χ0) is 14.8. The second-order valence-corrected chi connectivity index (χ2v) is 6.39. The molecule has 0 atom stereocenters. The first kappa shape index (κ1) is 15.0. The number of nitrogens with zero attached hydrogens (tertiary/aromatic N) is 2. The van der Waals surface area contributed by atoms with Gasteiger partial charge in [-0.3, -0.25) is 9.69 Å². The maximum atomic E-state index is 13.7. The van der Waals surface area contributed by atoms with Crippen LogP contribution in [-0.4, -0.2) is 43.4 Å². The van der Waals surface area contributed by atoms with Crippen molar-refractivity contribution in [3.63, 3.8) is 0 Å². The van der Waals surface area contributed by atoms with Crippen molar-refractivity contribution >= 4 is 11.5 Å². The first-order valence-corrected chi connectivity index (χ1v) is 7.13. The molecule has 1 aliphatic rings. The fraction of sp³-hybridized carbons (Fsp3) is 0.562. The van der Waals surface area contributed by atoms with E-state index in [0.717, 1.165) is 26.2 Å². The van der Waals surface area contributed by atoms with Crippen LogP contribution in [0.2, 0.25) is 0 Å². The van der Waals surface area contributed by atoms with Crippen LogP contribution in [0.5, 0.6) is 0 Å². The predicted octanol–water partition coefficient (Wildman–Crippen LogP) is 2.56. The van der Waals surface area contributed by atoms with Crippen LogP contribution < -0.4 is 4.90 Å². The number of benzene rings is 1. The monoisotopic (exact) mass is 278 g/mol. The highest BCUT2D eigenvalue weighted by Gasteiger charge is 2.26. The minimum atomic E-state index is -0.289. The predicted molar refractivity (Wildman–Crippen MR) is 79.5 cm³/mol. The summed E-state index contributed by atoms with van der Waals surface area (Å²) in [5.74, 6) is 0.0866. The van der Waals surface area contributed by atoms with E-state index in [-0.39, 0.29) is 17.0 Å². The summed E-state index contributed by atoms with van der Waals surface area (Å²) >= 11 is 0. The molecule has 0 aromatic heterocycles. The number of carbonyl (C=O) groups is 1. The molecular formula is C16H23FN2O. The molecule has 1 saturated heterocycles. The minimum Gasteiger partial charge on any atom is -0.367 e. The van der Waals surface area contributed by atoms with Crippen molar-refractivity contribution in [1.82, 2.24) is 4.90 Å². The molecule has 0 bridgehead atoms. The summed E-state index contributed by atoms with van der Waals surface area (Å²) in [6.45, 7) is 9.47. The summed E-state index contributed by atoms with van der Waals surface area (Å²) < 4.78 is 13.7. The molecule has 0 aliphatic carbocycles. The van der Waals surface area contributed by atoms with E-state index >= 15 is 0 Å². The zero-order valence-electron chi connectivity index (χ0n) is 12.5. The van der Waals surface area contributed by atoms with Gasteiger partial charge in [0.25, 0.3) is 0 Å². The molecule has 1 heterocycles. The standard InChI is InChI=1S/C16H23FN2O/c1-16(2,3)15(20)12-18-8-10-19(11-9-18)14-7-5-4-6-13(14)17/h4-7H,8-12H2,1-3H3. The number of halogens is 1. The van der Waals surface area contributed by atoms with Gasteiger partial charge in [-0.1, -0.05) is 32.9 Å². The van der Waals surface area contributed by atoms with Crippen LogP contribution in [0.1, 0.15) is 20.8 Å². The number of anilines is 1. The van der Waals surface area contributed by atoms with Gasteiger partial charge in [0.1, 0.15) is 5.82 Å². The van der Waals surface area contributed by atoms with Crippen LogP contribution in [0.25, 0.3) is 0 Å². The Morgan fingerprint density at radius 3 is 2.30 bits per heavy atom. The second kappa shape index (κ2) is 5.92. The van der Waals surface area contributed by atoms with Crippen molar-refractivity contribution in [3.05, 3.63) is 30.1 Å². The molecule has 3 nitrogen and oxygen atoms in total. The molecular weight excluding hydrogens is 255 g/mol. The Hall–Kier alpha value is -1.42. The summed E-state index contributed by atoms with van der Waals surface area (Å²) in [7, 11) is 0. The van der Waals surface area contributed by atoms with E-state index in [1.165, 1.54) is 6.07 Å². The van der Waals surface area contributed by atoms with Crippen molar-refractivity contribution in [3.8, 4) is 0 Å². The average molecular weight is 278 g/mol. The zero-order valence-corrected chi connectivity index (χ0v) is 12.5. The smallest absolute Gasteiger partial charge is 0.152 e. The molecule has 1 aromatic rings. The molecule has 1 aliphatic heterocycles. The Morgan fingerprint density at radius 2 is 1.75 bits per heavy atom. The Morgan fingerprint density at radius 1 is 1.15 bits per heavy atom. The first-order valence-electron chi connectivity index (χ1n) is 7.13. The largest absolute Gasteiger partial charge is 0.367 e. The fourth-order valence-electron chi connectivity index (χ4n) is 2.30. The van der Waals surface area contributed by atoms with Gasteiger partial charge in [-0.15, -0.1) is 0 Å². The Balaban J connectivity index is 1.90. The summed E-state index contributed by atoms with van der Waals surface area (Å²) in [6, 6.07) is 6.86. The lowest BCUT2D eigenvalue weighted by molar-refractivity contribution is -0.127. The molecule has 0 amide bonds. The minimum absolute atomic E-state index is 0.174. The van der Waals surface area contributed by atoms with Crippen molar-refractivity contribution in [2.45, 2.75) is 20.8 Å². The summed E-state index contributed by atoms with van der Waals surface area (Å²) in [6.07, 6.45) is 0. The number of para-hydroxylation sites is 1. The van der Waals surface area contributed by atoms with Crippen LogP contribution in [0, 0.1) is 11.2 Å². The van der Waals surface area contributed by atoms with Crippen molar-refractivity contribution < 1.29 is 9.18 Å². The third-order valence-corrected chi connectivity index (χ3v) is 3.77. The number of hydrogen-bond donors (Lipinski definition) is 0. The third-order valence-electron chi connectivity index (χ3n) is 3.77. The van der Waals surface area contributed by atoms with Gasteiger partial charge in [-0.2, -0.15) is 0 Å². The van der Waals surface area contributed by atoms with Gasteiger partial charge in [0, 0.05) is 31.6 Å². The van der Waals surface area contributed by atoms with Crippen molar-refractivity contribution in [1.29, 1.82) is 0 Å². The topological polar surface area (TPSA) is 23.6 Å². The van der Waals surface area contributed by atoms with E-state index < -0.39 is 0 Å². The first-order chi connectivity index (χ1) is 9.38. The van der Waals surface area contributed by atoms with Crippen LogP contribution in [0.4, 0.5) is 10.1 Å². The van der Waals surface area contributed by atoms with Gasteiger partial charge in [0.2, 0.25) is 0 Å². The molecule has 1 fully saturated rings. The number of ketones is 1. The van der Waals surface area contributed by atoms with E-state index in [2.05, 4.69) is 4.90 Å². The summed E-state index contributed by atoms with van der Waals surface area (Å²) in [5.41, 5.74) is 0.372. The van der Waals surface area contributed by atoms with Gasteiger partial charge in [0.15, 0.2) is 5.78 Å². The van der Waals surface area contributed by atoms with Crippen molar-refractivity contribution in [2.75, 3.05) is 37.6 Å². The van der Waals surface area contributed by atoms with Gasteiger partial charge < -0.3 is 4.90 Å². The molecule has 0 spiro atoms. The highest BCUT2D eigenvalue weighted by molar-refractivity contribution is 5.85. The fourth-order valence-corrected chi connectivity index (χ4v) is 2.30. The van der Waals surface area contributed by atoms with Crippen LogP contribution in [0.3, 0.4) is 0 Å². The lowest BCUT2D eigenvalue weighted by Crippen LogP contribution is -2.49. The molecule has 0 N–H and O–H groups in total. The van der Waals surface area contributed by atoms with E-state index in [0.29, 0.717) is 12.2 Å². The van der Waals surface area contributed by atoms with Crippen molar-refractivity contribution in [2.24, 2.45) is 5.41 Å². The summed E-state index contributed by atoms with van der Waals surface area (Å²) in [5, 5.41) is 0. The van der Waals surface area contributed by atoms with Gasteiger partial charge >= 0.3 is 0 Å². The van der Waals surface area contributed by atoms with E-state index in [9.17, 15) is 9.18 Å². The molecule has 0 radical (unpaired) electrons. The molecule has 20 heavy (non-hydrogen) atoms. The number of hydrogen-bond acceptors (Lipinski definition) is 3. The second-order valence-electron chi connectivity index (χ2n) is 6.39. The maximum Gasteiger partial charge on any atom is 0.152 e. The lowest BCUT2D eigenvalue weighted by atomic mass is 9.90. The normalized spacial score (nSPS) is 17.3. The number of piperazine rings is 1. The molecule has 110 valence electrons. The number of rotatable bonds is 3. The van der Waals surface area contributed by atoms with E-state index in [4.69, 9.17) is 0 Å². The molecule has 0 saturated carbocycles. The maximum absolute atomic E-state index is 13.7. The number of carbonyl (C=O) groups excluding carboxylic acids is 1. The van der Waals surface area contributed by atoms with Gasteiger partial charge in [-0.05, 0) is 12.1 Å². The molecule has 1 aromatic carbocycles. The molecule has 4 heteroatoms. The van der Waals surface area contributed by atoms with E-state index in [1.807, 2.05) is 37.8 Å². The third kappa shape index (κ3) is 3.57. The highest BCUT2D eigenvalue weighted by atomic mass is 19.1. The summed E-state index contributed by atoms with van der Waals surface area (Å²) in [4.78, 5) is 16.2. The lowest BCUT2D eigenvalue weighted by Gasteiger charge is -2.36. The van der Waals surface area contributed by atoms with Crippen LogP contribution in [0.15, 0.2) is 24.3 Å². The Bertz CT molecular complexity index is 474. The average Bonchev–Trinajstić information content (AvgIpc) is 2.39. The molecule has 0 unspecified atom stereocenters. The highest BCUT2D eigenvalue weighted by Crippen LogP contribution is 2.21. The quantitative estimate of drug-likeness (QED) is 0.849. The molecule has 2 rings (SSSR count). The van der Waals surface area contributed by atoms with E-state index in [1.54, 1.807) is 6.07 Å².